The molecule has 0 aliphatic rings. The number of hydrogen-bond donors (Lipinski definition) is 1. The lowest BCUT2D eigenvalue weighted by atomic mass is 10.0. The fraction of sp³-hybridized carbons (Fsp3) is 0.0968. The topological polar surface area (TPSA) is 65.4 Å². The van der Waals surface area contributed by atoms with Crippen LogP contribution in [-0.2, 0) is 0 Å². The first-order valence-corrected chi connectivity index (χ1v) is 12.7. The van der Waals surface area contributed by atoms with Gasteiger partial charge in [-0.25, -0.2) is 9.18 Å². The Morgan fingerprint density at radius 1 is 0.821 bits per heavy atom. The highest BCUT2D eigenvalue weighted by Gasteiger charge is 2.17. The van der Waals surface area contributed by atoms with E-state index in [1.54, 1.807) is 54.7 Å². The van der Waals surface area contributed by atoms with Crippen molar-refractivity contribution in [2.24, 2.45) is 0 Å². The lowest BCUT2D eigenvalue weighted by molar-refractivity contribution is 0.242. The molecule has 4 aromatic carbocycles. The van der Waals surface area contributed by atoms with Crippen LogP contribution in [0.1, 0.15) is 13.8 Å². The lowest BCUT2D eigenvalue weighted by Crippen LogP contribution is -2.19. The number of nitrogens with zero attached hydrogens (tertiary/aromatic N) is 2. The summed E-state index contributed by atoms with van der Waals surface area (Å²) in [7, 11) is 0. The smallest absolute Gasteiger partial charge is 0.346 e. The zero-order valence-electron chi connectivity index (χ0n) is 21.3. The summed E-state index contributed by atoms with van der Waals surface area (Å²) in [5, 5.41) is 7.97. The standard InChI is InChI=1S/C31H25ClFN3O3/c1-20(2)38-26-15-17-28(18-16-26)39-27-13-11-25(12-14-27)34-31(37)36-19-29(21-5-9-24(33)10-6-21)30(35-36)22-3-7-23(32)8-4-22/h3-20H,1-2H3,(H,34,37). The number of halogens is 2. The summed E-state index contributed by atoms with van der Waals surface area (Å²) in [5.74, 6) is 1.72. The van der Waals surface area contributed by atoms with E-state index in [0.717, 1.165) is 16.9 Å². The third-order valence-electron chi connectivity index (χ3n) is 5.73. The number of benzene rings is 4. The van der Waals surface area contributed by atoms with E-state index < -0.39 is 6.03 Å². The first kappa shape index (κ1) is 26.0. The van der Waals surface area contributed by atoms with Crippen LogP contribution in [0.5, 0.6) is 17.2 Å². The maximum absolute atomic E-state index is 13.5. The number of ether oxygens (including phenoxy) is 2. The summed E-state index contributed by atoms with van der Waals surface area (Å²) in [5.41, 5.74) is 3.32. The van der Waals surface area contributed by atoms with Crippen molar-refractivity contribution in [2.45, 2.75) is 20.0 Å². The number of carbonyl (C=O) groups excluding carboxylic acids is 1. The monoisotopic (exact) mass is 541 g/mol. The van der Waals surface area contributed by atoms with E-state index in [4.69, 9.17) is 21.1 Å². The molecule has 1 amide bonds. The number of rotatable bonds is 7. The van der Waals surface area contributed by atoms with Crippen molar-refractivity contribution >= 4 is 23.3 Å². The second kappa shape index (κ2) is 11.4. The minimum Gasteiger partial charge on any atom is -0.491 e. The van der Waals surface area contributed by atoms with Crippen LogP contribution in [-0.4, -0.2) is 21.9 Å². The highest BCUT2D eigenvalue weighted by Crippen LogP contribution is 2.32. The largest absolute Gasteiger partial charge is 0.491 e. The maximum atomic E-state index is 13.5. The molecule has 1 heterocycles. The molecule has 1 aromatic heterocycles. The molecule has 0 unspecified atom stereocenters. The Morgan fingerprint density at radius 3 is 2.00 bits per heavy atom. The van der Waals surface area contributed by atoms with Crippen molar-refractivity contribution in [3.63, 3.8) is 0 Å². The number of hydrogen-bond acceptors (Lipinski definition) is 4. The first-order valence-electron chi connectivity index (χ1n) is 12.3. The van der Waals surface area contributed by atoms with E-state index in [0.29, 0.717) is 33.5 Å². The molecule has 5 rings (SSSR count). The number of nitrogens with one attached hydrogen (secondary N) is 1. The summed E-state index contributed by atoms with van der Waals surface area (Å²) >= 11 is 6.05. The van der Waals surface area contributed by atoms with Crippen LogP contribution in [0.4, 0.5) is 14.9 Å². The van der Waals surface area contributed by atoms with E-state index in [2.05, 4.69) is 10.4 Å². The van der Waals surface area contributed by atoms with Crippen molar-refractivity contribution < 1.29 is 18.7 Å². The molecule has 0 spiro atoms. The van der Waals surface area contributed by atoms with Gasteiger partial charge in [0.25, 0.3) is 0 Å². The molecule has 0 bridgehead atoms. The number of aromatic nitrogens is 2. The Hall–Kier alpha value is -4.62. The quantitative estimate of drug-likeness (QED) is 0.224. The molecule has 0 radical (unpaired) electrons. The normalized spacial score (nSPS) is 10.9. The average Bonchev–Trinajstić information content (AvgIpc) is 3.37. The van der Waals surface area contributed by atoms with Gasteiger partial charge in [0.1, 0.15) is 28.8 Å². The predicted molar refractivity (Wildman–Crippen MR) is 151 cm³/mol. The van der Waals surface area contributed by atoms with Crippen LogP contribution in [0.3, 0.4) is 0 Å². The molecule has 0 saturated heterocycles. The van der Waals surface area contributed by atoms with Gasteiger partial charge < -0.3 is 14.8 Å². The SMILES string of the molecule is CC(C)Oc1ccc(Oc2ccc(NC(=O)n3cc(-c4ccc(F)cc4)c(-c4ccc(Cl)cc4)n3)cc2)cc1. The van der Waals surface area contributed by atoms with Crippen LogP contribution in [0, 0.1) is 5.82 Å². The van der Waals surface area contributed by atoms with Gasteiger partial charge in [-0.2, -0.15) is 9.78 Å². The molecule has 0 atom stereocenters. The van der Waals surface area contributed by atoms with Crippen LogP contribution in [0.25, 0.3) is 22.4 Å². The molecule has 39 heavy (non-hydrogen) atoms. The third kappa shape index (κ3) is 6.45. The van der Waals surface area contributed by atoms with Gasteiger partial charge in [0.2, 0.25) is 0 Å². The summed E-state index contributed by atoms with van der Waals surface area (Å²) in [6.45, 7) is 3.94. The number of anilines is 1. The summed E-state index contributed by atoms with van der Waals surface area (Å²) in [4.78, 5) is 13.1. The Bertz CT molecular complexity index is 1500. The Balaban J connectivity index is 1.32. The van der Waals surface area contributed by atoms with E-state index in [1.807, 2.05) is 50.2 Å². The molecule has 0 aliphatic carbocycles. The van der Waals surface area contributed by atoms with E-state index in [-0.39, 0.29) is 11.9 Å². The second-order valence-corrected chi connectivity index (χ2v) is 9.48. The maximum Gasteiger partial charge on any atom is 0.346 e. The van der Waals surface area contributed by atoms with E-state index in [9.17, 15) is 9.18 Å². The minimum absolute atomic E-state index is 0.0970. The Kier molecular flexibility index (Phi) is 7.61. The lowest BCUT2D eigenvalue weighted by Gasteiger charge is -2.11. The summed E-state index contributed by atoms with van der Waals surface area (Å²) in [6.07, 6.45) is 1.72. The van der Waals surface area contributed by atoms with Gasteiger partial charge >= 0.3 is 6.03 Å². The number of carbonyl (C=O) groups is 1. The van der Waals surface area contributed by atoms with Crippen LogP contribution in [0.15, 0.2) is 103 Å². The molecular formula is C31H25ClFN3O3. The van der Waals surface area contributed by atoms with Crippen molar-refractivity contribution in [2.75, 3.05) is 5.32 Å². The fourth-order valence-corrected chi connectivity index (χ4v) is 4.05. The Morgan fingerprint density at radius 2 is 1.38 bits per heavy atom. The van der Waals surface area contributed by atoms with E-state index in [1.165, 1.54) is 16.8 Å². The van der Waals surface area contributed by atoms with E-state index >= 15 is 0 Å². The van der Waals surface area contributed by atoms with Crippen molar-refractivity contribution in [1.82, 2.24) is 9.78 Å². The van der Waals surface area contributed by atoms with Gasteiger partial charge in [-0.1, -0.05) is 35.9 Å². The zero-order valence-corrected chi connectivity index (χ0v) is 22.0. The van der Waals surface area contributed by atoms with Gasteiger partial charge in [-0.3, -0.25) is 0 Å². The molecule has 8 heteroatoms. The van der Waals surface area contributed by atoms with Gasteiger partial charge in [0.05, 0.1) is 6.10 Å². The summed E-state index contributed by atoms with van der Waals surface area (Å²) < 4.78 is 26.3. The molecule has 196 valence electrons. The highest BCUT2D eigenvalue weighted by molar-refractivity contribution is 6.30. The Labute approximate surface area is 230 Å². The van der Waals surface area contributed by atoms with Crippen molar-refractivity contribution in [3.05, 3.63) is 114 Å². The predicted octanol–water partition coefficient (Wildman–Crippen LogP) is 8.67. The summed E-state index contributed by atoms with van der Waals surface area (Å²) in [6, 6.07) is 27.1. The van der Waals surface area contributed by atoms with Crippen molar-refractivity contribution in [1.29, 1.82) is 0 Å². The van der Waals surface area contributed by atoms with Gasteiger partial charge in [-0.15, -0.1) is 0 Å². The van der Waals surface area contributed by atoms with Gasteiger partial charge in [0.15, 0.2) is 0 Å². The fourth-order valence-electron chi connectivity index (χ4n) is 3.92. The molecule has 0 saturated carbocycles. The zero-order chi connectivity index (χ0) is 27.4. The van der Waals surface area contributed by atoms with Gasteiger partial charge in [-0.05, 0) is 92.2 Å². The number of amides is 1. The average molecular weight is 542 g/mol. The molecule has 5 aromatic rings. The second-order valence-electron chi connectivity index (χ2n) is 9.04. The van der Waals surface area contributed by atoms with Crippen LogP contribution < -0.4 is 14.8 Å². The molecule has 0 fully saturated rings. The molecular weight excluding hydrogens is 517 g/mol. The third-order valence-corrected chi connectivity index (χ3v) is 5.98. The highest BCUT2D eigenvalue weighted by atomic mass is 35.5. The first-order chi connectivity index (χ1) is 18.8. The van der Waals surface area contributed by atoms with Crippen LogP contribution >= 0.6 is 11.6 Å². The molecule has 1 N–H and O–H groups in total. The molecule has 6 nitrogen and oxygen atoms in total. The minimum atomic E-state index is -0.451. The van der Waals surface area contributed by atoms with Gasteiger partial charge in [0, 0.05) is 28.0 Å². The van der Waals surface area contributed by atoms with Crippen molar-refractivity contribution in [3.8, 4) is 39.6 Å². The molecule has 0 aliphatic heterocycles. The van der Waals surface area contributed by atoms with Crippen LogP contribution in [0.2, 0.25) is 5.02 Å².